The Morgan fingerprint density at radius 1 is 1.14 bits per heavy atom. The number of benzene rings is 2. The minimum atomic E-state index is -0.719. The summed E-state index contributed by atoms with van der Waals surface area (Å²) in [4.78, 5) is 14.4. The van der Waals surface area contributed by atoms with Crippen LogP contribution in [0.4, 0.5) is 5.69 Å². The lowest BCUT2D eigenvalue weighted by Crippen LogP contribution is -2.36. The molecule has 6 nitrogen and oxygen atoms in total. The topological polar surface area (TPSA) is 71.0 Å². The van der Waals surface area contributed by atoms with Gasteiger partial charge in [-0.05, 0) is 48.7 Å². The molecular formula is C23H30N2O4. The Hall–Kier alpha value is -2.57. The Labute approximate surface area is 172 Å². The summed E-state index contributed by atoms with van der Waals surface area (Å²) in [5, 5.41) is 13.2. The molecule has 1 amide bonds. The van der Waals surface area contributed by atoms with Crippen LogP contribution < -0.4 is 15.0 Å². The molecular weight excluding hydrogens is 368 g/mol. The number of anilines is 1. The van der Waals surface area contributed by atoms with E-state index in [-0.39, 0.29) is 12.5 Å². The van der Waals surface area contributed by atoms with Crippen molar-refractivity contribution in [2.24, 2.45) is 0 Å². The van der Waals surface area contributed by atoms with Crippen LogP contribution in [0.3, 0.4) is 0 Å². The summed E-state index contributed by atoms with van der Waals surface area (Å²) in [7, 11) is 0. The van der Waals surface area contributed by atoms with Crippen LogP contribution >= 0.6 is 0 Å². The highest BCUT2D eigenvalue weighted by Crippen LogP contribution is 2.20. The van der Waals surface area contributed by atoms with Gasteiger partial charge >= 0.3 is 0 Å². The highest BCUT2D eigenvalue weighted by molar-refractivity contribution is 5.76. The lowest BCUT2D eigenvalue weighted by molar-refractivity contribution is -0.121. The van der Waals surface area contributed by atoms with Crippen LogP contribution in [-0.2, 0) is 16.0 Å². The van der Waals surface area contributed by atoms with Gasteiger partial charge in [-0.3, -0.25) is 4.79 Å². The molecule has 0 saturated carbocycles. The van der Waals surface area contributed by atoms with E-state index in [2.05, 4.69) is 10.2 Å². The highest BCUT2D eigenvalue weighted by atomic mass is 16.5. The van der Waals surface area contributed by atoms with E-state index in [1.165, 1.54) is 0 Å². The molecule has 1 heterocycles. The van der Waals surface area contributed by atoms with Gasteiger partial charge < -0.3 is 24.8 Å². The van der Waals surface area contributed by atoms with Crippen LogP contribution in [0.25, 0.3) is 0 Å². The van der Waals surface area contributed by atoms with Gasteiger partial charge in [0.1, 0.15) is 5.75 Å². The molecule has 156 valence electrons. The molecule has 2 N–H and O–H groups in total. The molecule has 1 saturated heterocycles. The molecule has 1 atom stereocenters. The molecule has 0 aromatic heterocycles. The fraction of sp³-hybridized carbons (Fsp3) is 0.435. The van der Waals surface area contributed by atoms with Gasteiger partial charge in [0, 0.05) is 31.7 Å². The predicted molar refractivity (Wildman–Crippen MR) is 113 cm³/mol. The minimum absolute atomic E-state index is 0.0668. The normalized spacial score (nSPS) is 15.0. The minimum Gasteiger partial charge on any atom is -0.494 e. The molecule has 0 spiro atoms. The molecule has 1 aliphatic heterocycles. The first-order valence-corrected chi connectivity index (χ1v) is 10.2. The molecule has 1 unspecified atom stereocenters. The largest absolute Gasteiger partial charge is 0.494 e. The summed E-state index contributed by atoms with van der Waals surface area (Å²) in [6, 6.07) is 15.6. The number of aliphatic hydroxyl groups is 1. The van der Waals surface area contributed by atoms with Gasteiger partial charge in [-0.2, -0.15) is 0 Å². The van der Waals surface area contributed by atoms with E-state index >= 15 is 0 Å². The maximum Gasteiger partial charge on any atom is 0.220 e. The first-order valence-electron chi connectivity index (χ1n) is 10.2. The number of aryl methyl sites for hydroxylation is 1. The van der Waals surface area contributed by atoms with E-state index in [0.29, 0.717) is 19.4 Å². The van der Waals surface area contributed by atoms with Crippen molar-refractivity contribution in [3.05, 3.63) is 59.7 Å². The van der Waals surface area contributed by atoms with E-state index in [4.69, 9.17) is 9.47 Å². The number of aliphatic hydroxyl groups excluding tert-OH is 1. The van der Waals surface area contributed by atoms with E-state index in [0.717, 1.165) is 48.9 Å². The number of morpholine rings is 1. The molecule has 1 aliphatic rings. The first kappa shape index (κ1) is 21.1. The molecule has 3 rings (SSSR count). The zero-order valence-electron chi connectivity index (χ0n) is 17.0. The third-order valence-electron chi connectivity index (χ3n) is 5.02. The quantitative estimate of drug-likeness (QED) is 0.680. The number of hydrogen-bond donors (Lipinski definition) is 2. The Bertz CT molecular complexity index is 755. The monoisotopic (exact) mass is 398 g/mol. The number of nitrogens with zero attached hydrogens (tertiary/aromatic N) is 1. The number of carbonyl (C=O) groups excluding carboxylic acids is 1. The number of hydrogen-bond acceptors (Lipinski definition) is 5. The Morgan fingerprint density at radius 2 is 1.83 bits per heavy atom. The van der Waals surface area contributed by atoms with Crippen LogP contribution in [0.15, 0.2) is 48.5 Å². The molecule has 1 fully saturated rings. The van der Waals surface area contributed by atoms with Crippen LogP contribution in [0.5, 0.6) is 5.75 Å². The van der Waals surface area contributed by atoms with Gasteiger partial charge in [0.05, 0.1) is 25.9 Å². The zero-order valence-corrected chi connectivity index (χ0v) is 17.0. The molecule has 0 radical (unpaired) electrons. The van der Waals surface area contributed by atoms with Crippen molar-refractivity contribution in [3.63, 3.8) is 0 Å². The third-order valence-corrected chi connectivity index (χ3v) is 5.02. The molecule has 2 aromatic carbocycles. The Balaban J connectivity index is 1.41. The smallest absolute Gasteiger partial charge is 0.220 e. The average molecular weight is 399 g/mol. The van der Waals surface area contributed by atoms with Gasteiger partial charge in [-0.1, -0.05) is 24.3 Å². The van der Waals surface area contributed by atoms with Gasteiger partial charge in [0.2, 0.25) is 5.91 Å². The number of nitrogens with one attached hydrogen (secondary N) is 1. The fourth-order valence-electron chi connectivity index (χ4n) is 3.32. The maximum atomic E-state index is 12.1. The SMILES string of the molecule is CCOc1ccc(CCC(=O)NCC(O)c2ccc(N3CCOCC3)cc2)cc1. The lowest BCUT2D eigenvalue weighted by Gasteiger charge is -2.29. The second kappa shape index (κ2) is 10.8. The summed E-state index contributed by atoms with van der Waals surface area (Å²) in [6.07, 6.45) is 0.322. The van der Waals surface area contributed by atoms with Crippen molar-refractivity contribution in [2.45, 2.75) is 25.9 Å². The van der Waals surface area contributed by atoms with Gasteiger partial charge in [-0.25, -0.2) is 0 Å². The van der Waals surface area contributed by atoms with Gasteiger partial charge in [0.25, 0.3) is 0 Å². The van der Waals surface area contributed by atoms with E-state index in [1.54, 1.807) is 0 Å². The van der Waals surface area contributed by atoms with Gasteiger partial charge in [-0.15, -0.1) is 0 Å². The molecule has 29 heavy (non-hydrogen) atoms. The number of rotatable bonds is 9. The van der Waals surface area contributed by atoms with Crippen LogP contribution in [0.2, 0.25) is 0 Å². The summed E-state index contributed by atoms with van der Waals surface area (Å²) in [5.74, 6) is 0.770. The second-order valence-electron chi connectivity index (χ2n) is 7.09. The van der Waals surface area contributed by atoms with Crippen LogP contribution in [0, 0.1) is 0 Å². The zero-order chi connectivity index (χ0) is 20.5. The first-order chi connectivity index (χ1) is 14.2. The van der Waals surface area contributed by atoms with Crippen molar-refractivity contribution in [1.29, 1.82) is 0 Å². The van der Waals surface area contributed by atoms with Crippen LogP contribution in [-0.4, -0.2) is 50.5 Å². The maximum absolute atomic E-state index is 12.1. The number of ether oxygens (including phenoxy) is 2. The van der Waals surface area contributed by atoms with Crippen molar-refractivity contribution in [3.8, 4) is 5.75 Å². The molecule has 0 aliphatic carbocycles. The molecule has 2 aromatic rings. The van der Waals surface area contributed by atoms with Crippen molar-refractivity contribution in [2.75, 3.05) is 44.4 Å². The van der Waals surface area contributed by atoms with Crippen molar-refractivity contribution in [1.82, 2.24) is 5.32 Å². The summed E-state index contributed by atoms with van der Waals surface area (Å²) < 4.78 is 10.8. The predicted octanol–water partition coefficient (Wildman–Crippen LogP) is 2.70. The fourth-order valence-corrected chi connectivity index (χ4v) is 3.32. The second-order valence-corrected chi connectivity index (χ2v) is 7.09. The number of amides is 1. The van der Waals surface area contributed by atoms with Crippen molar-refractivity contribution >= 4 is 11.6 Å². The summed E-state index contributed by atoms with van der Waals surface area (Å²) >= 11 is 0. The highest BCUT2D eigenvalue weighted by Gasteiger charge is 2.13. The van der Waals surface area contributed by atoms with E-state index < -0.39 is 6.10 Å². The molecule has 6 heteroatoms. The lowest BCUT2D eigenvalue weighted by atomic mass is 10.1. The summed E-state index contributed by atoms with van der Waals surface area (Å²) in [6.45, 7) is 6.04. The van der Waals surface area contributed by atoms with Crippen molar-refractivity contribution < 1.29 is 19.4 Å². The standard InChI is InChI=1S/C23H30N2O4/c1-2-29-21-10-3-18(4-11-21)5-12-23(27)24-17-22(26)19-6-8-20(9-7-19)25-13-15-28-16-14-25/h3-4,6-11,22,26H,2,5,12-17H2,1H3,(H,24,27). The van der Waals surface area contributed by atoms with Crippen LogP contribution in [0.1, 0.15) is 30.6 Å². The third kappa shape index (κ3) is 6.48. The average Bonchev–Trinajstić information content (AvgIpc) is 2.78. The summed E-state index contributed by atoms with van der Waals surface area (Å²) in [5.41, 5.74) is 3.01. The molecule has 0 bridgehead atoms. The van der Waals surface area contributed by atoms with E-state index in [1.807, 2.05) is 55.5 Å². The number of carbonyl (C=O) groups is 1. The van der Waals surface area contributed by atoms with E-state index in [9.17, 15) is 9.90 Å². The Kier molecular flexibility index (Phi) is 7.90. The van der Waals surface area contributed by atoms with Gasteiger partial charge in [0.15, 0.2) is 0 Å². The Morgan fingerprint density at radius 3 is 2.48 bits per heavy atom.